The molecule has 2 aliphatic heterocycles. The molecule has 2 heterocycles. The Labute approximate surface area is 229 Å². The van der Waals surface area contributed by atoms with Crippen LogP contribution < -0.4 is 31.5 Å². The Kier molecular flexibility index (Phi) is 5.36. The SMILES string of the molecule is CCC1(C)Nc2cccc3ccc(C4C([O-])C(c5ccc6cccc7c6c5NC(CC)(CC)N7)C4[O-])c(c23)N1. The number of nitrogens with one attached hydrogen (secondary N) is 4. The highest BCUT2D eigenvalue weighted by Crippen LogP contribution is 2.54. The summed E-state index contributed by atoms with van der Waals surface area (Å²) in [6, 6.07) is 20.6. The average Bonchev–Trinajstić information content (AvgIpc) is 2.95. The monoisotopic (exact) mass is 520 g/mol. The van der Waals surface area contributed by atoms with Gasteiger partial charge in [0.1, 0.15) is 11.3 Å². The van der Waals surface area contributed by atoms with E-state index >= 15 is 0 Å². The maximum Gasteiger partial charge on any atom is 0.107 e. The summed E-state index contributed by atoms with van der Waals surface area (Å²) in [7, 11) is 0. The molecule has 0 radical (unpaired) electrons. The molecule has 1 aliphatic carbocycles. The van der Waals surface area contributed by atoms with Gasteiger partial charge in [0.15, 0.2) is 0 Å². The predicted molar refractivity (Wildman–Crippen MR) is 157 cm³/mol. The van der Waals surface area contributed by atoms with Crippen molar-refractivity contribution in [2.24, 2.45) is 0 Å². The lowest BCUT2D eigenvalue weighted by molar-refractivity contribution is -0.535. The summed E-state index contributed by atoms with van der Waals surface area (Å²) in [5.41, 5.74) is 5.07. The Hall–Kier alpha value is -3.48. The second-order valence-corrected chi connectivity index (χ2v) is 11.8. The van der Waals surface area contributed by atoms with Crippen molar-refractivity contribution in [2.45, 2.75) is 82.3 Å². The van der Waals surface area contributed by atoms with Crippen molar-refractivity contribution >= 4 is 44.3 Å². The summed E-state index contributed by atoms with van der Waals surface area (Å²) in [6.45, 7) is 8.58. The zero-order valence-electron chi connectivity index (χ0n) is 23.0. The first-order valence-electron chi connectivity index (χ1n) is 14.4. The topological polar surface area (TPSA) is 94.2 Å². The molecular formula is C33H36N4O2-2. The molecule has 6 heteroatoms. The van der Waals surface area contributed by atoms with Gasteiger partial charge in [-0.1, -0.05) is 69.3 Å². The fourth-order valence-electron chi connectivity index (χ4n) is 7.12. The van der Waals surface area contributed by atoms with Crippen LogP contribution in [0.25, 0.3) is 21.5 Å². The molecule has 4 N–H and O–H groups in total. The van der Waals surface area contributed by atoms with Gasteiger partial charge in [-0.05, 0) is 72.1 Å². The van der Waals surface area contributed by atoms with Crippen molar-refractivity contribution in [1.29, 1.82) is 0 Å². The molecule has 3 unspecified atom stereocenters. The first-order chi connectivity index (χ1) is 18.8. The molecule has 0 bridgehead atoms. The maximum atomic E-state index is 14.1. The highest BCUT2D eigenvalue weighted by atomic mass is 16.3. The Morgan fingerprint density at radius 3 is 1.64 bits per heavy atom. The molecule has 202 valence electrons. The van der Waals surface area contributed by atoms with Crippen molar-refractivity contribution in [3.63, 3.8) is 0 Å². The quantitative estimate of drug-likeness (QED) is 0.272. The standard InChI is InChI=1S/C33H36N4O2/c1-5-32(4)34-22-12-8-10-18-14-16-20(28(36-32)24(18)22)26-30(38)27(31(26)39)21-17-15-19-11-9-13-23-25(19)29(21)37-33(6-2,7-3)35-23/h8-17,26-27,30-31,34-37H,5-7H2,1-4H3/q-2. The third kappa shape index (κ3) is 3.41. The maximum absolute atomic E-state index is 14.1. The zero-order valence-corrected chi connectivity index (χ0v) is 23.0. The van der Waals surface area contributed by atoms with Crippen LogP contribution >= 0.6 is 0 Å². The van der Waals surface area contributed by atoms with Gasteiger partial charge in [0.25, 0.3) is 0 Å². The summed E-state index contributed by atoms with van der Waals surface area (Å²) in [4.78, 5) is 0. The van der Waals surface area contributed by atoms with Crippen LogP contribution in [0.3, 0.4) is 0 Å². The molecule has 4 aromatic rings. The first-order valence-corrected chi connectivity index (χ1v) is 14.4. The number of rotatable bonds is 5. The van der Waals surface area contributed by atoms with Gasteiger partial charge in [-0.2, -0.15) is 0 Å². The second kappa shape index (κ2) is 8.51. The van der Waals surface area contributed by atoms with Crippen molar-refractivity contribution in [3.05, 3.63) is 71.8 Å². The van der Waals surface area contributed by atoms with E-state index in [-0.39, 0.29) is 11.3 Å². The smallest absolute Gasteiger partial charge is 0.107 e. The fraction of sp³-hybridized carbons (Fsp3) is 0.394. The third-order valence-electron chi connectivity index (χ3n) is 9.75. The molecule has 0 saturated heterocycles. The van der Waals surface area contributed by atoms with E-state index in [9.17, 15) is 10.2 Å². The number of anilines is 4. The minimum atomic E-state index is -1.02. The van der Waals surface area contributed by atoms with E-state index in [0.29, 0.717) is 0 Å². The molecule has 7 rings (SSSR count). The van der Waals surface area contributed by atoms with Gasteiger partial charge in [0.05, 0.1) is 0 Å². The molecule has 0 spiro atoms. The Morgan fingerprint density at radius 2 is 1.13 bits per heavy atom. The molecule has 1 saturated carbocycles. The van der Waals surface area contributed by atoms with Gasteiger partial charge in [-0.3, -0.25) is 0 Å². The lowest BCUT2D eigenvalue weighted by atomic mass is 9.62. The van der Waals surface area contributed by atoms with Gasteiger partial charge < -0.3 is 31.5 Å². The second-order valence-electron chi connectivity index (χ2n) is 11.8. The molecule has 6 nitrogen and oxygen atoms in total. The molecule has 39 heavy (non-hydrogen) atoms. The summed E-state index contributed by atoms with van der Waals surface area (Å²) < 4.78 is 0. The van der Waals surface area contributed by atoms with Crippen molar-refractivity contribution in [3.8, 4) is 0 Å². The lowest BCUT2D eigenvalue weighted by Gasteiger charge is -2.62. The average molecular weight is 521 g/mol. The predicted octanol–water partition coefficient (Wildman–Crippen LogP) is 5.65. The highest BCUT2D eigenvalue weighted by molar-refractivity contribution is 6.08. The highest BCUT2D eigenvalue weighted by Gasteiger charge is 2.43. The summed E-state index contributed by atoms with van der Waals surface area (Å²) in [5.74, 6) is -1.20. The van der Waals surface area contributed by atoms with E-state index in [1.54, 1.807) is 0 Å². The molecule has 3 atom stereocenters. The Morgan fingerprint density at radius 1 is 0.615 bits per heavy atom. The van der Waals surface area contributed by atoms with Gasteiger partial charge in [0.2, 0.25) is 0 Å². The molecular weight excluding hydrogens is 484 g/mol. The summed E-state index contributed by atoms with van der Waals surface area (Å²) in [6.07, 6.45) is 0.564. The van der Waals surface area contributed by atoms with Crippen molar-refractivity contribution < 1.29 is 10.2 Å². The third-order valence-corrected chi connectivity index (χ3v) is 9.75. The normalized spacial score (nSPS) is 28.2. The van der Waals surface area contributed by atoms with Gasteiger partial charge in [-0.15, -0.1) is 12.2 Å². The largest absolute Gasteiger partial charge is 0.851 e. The van der Waals surface area contributed by atoms with Gasteiger partial charge in [0, 0.05) is 33.5 Å². The van der Waals surface area contributed by atoms with Crippen LogP contribution in [0.5, 0.6) is 0 Å². The molecule has 1 fully saturated rings. The van der Waals surface area contributed by atoms with E-state index in [1.807, 2.05) is 12.1 Å². The zero-order chi connectivity index (χ0) is 27.1. The van der Waals surface area contributed by atoms with E-state index in [4.69, 9.17) is 0 Å². The number of hydrogen-bond donors (Lipinski definition) is 4. The molecule has 0 amide bonds. The number of hydrogen-bond acceptors (Lipinski definition) is 6. The van der Waals surface area contributed by atoms with Crippen molar-refractivity contribution in [2.75, 3.05) is 21.3 Å². The molecule has 4 aromatic carbocycles. The van der Waals surface area contributed by atoms with E-state index in [0.717, 1.165) is 74.7 Å². The molecule has 3 aliphatic rings. The lowest BCUT2D eigenvalue weighted by Crippen LogP contribution is -2.64. The van der Waals surface area contributed by atoms with Crippen LogP contribution in [-0.2, 0) is 0 Å². The van der Waals surface area contributed by atoms with Crippen molar-refractivity contribution in [1.82, 2.24) is 0 Å². The minimum Gasteiger partial charge on any atom is -0.851 e. The Bertz CT molecular complexity index is 1600. The minimum absolute atomic E-state index is 0.308. The first kappa shape index (κ1) is 24.6. The van der Waals surface area contributed by atoms with Crippen LogP contribution in [0.15, 0.2) is 60.7 Å². The van der Waals surface area contributed by atoms with Crippen LogP contribution in [0.4, 0.5) is 22.7 Å². The van der Waals surface area contributed by atoms with Crippen LogP contribution in [0.1, 0.15) is 69.9 Å². The van der Waals surface area contributed by atoms with Crippen LogP contribution in [0, 0.1) is 0 Å². The van der Waals surface area contributed by atoms with Gasteiger partial charge in [-0.25, -0.2) is 0 Å². The van der Waals surface area contributed by atoms with E-state index < -0.39 is 24.0 Å². The van der Waals surface area contributed by atoms with Crippen LogP contribution in [-0.4, -0.2) is 23.5 Å². The summed E-state index contributed by atoms with van der Waals surface area (Å²) >= 11 is 0. The van der Waals surface area contributed by atoms with E-state index in [2.05, 4.69) is 97.5 Å². The fourth-order valence-corrected chi connectivity index (χ4v) is 7.12. The molecule has 0 aromatic heterocycles. The van der Waals surface area contributed by atoms with E-state index in [1.165, 1.54) is 0 Å². The summed E-state index contributed by atoms with van der Waals surface area (Å²) in [5, 5.41) is 47.4. The van der Waals surface area contributed by atoms with Gasteiger partial charge >= 0.3 is 0 Å². The van der Waals surface area contributed by atoms with Crippen LogP contribution in [0.2, 0.25) is 0 Å². The number of benzene rings is 4. The Balaban J connectivity index is 1.32.